The summed E-state index contributed by atoms with van der Waals surface area (Å²) in [4.78, 5) is 23.4. The van der Waals surface area contributed by atoms with Crippen molar-refractivity contribution in [3.63, 3.8) is 0 Å². The van der Waals surface area contributed by atoms with E-state index in [1.165, 1.54) is 50.2 Å². The summed E-state index contributed by atoms with van der Waals surface area (Å²) in [5, 5.41) is 2.54. The number of hydrogen-bond donors (Lipinski definition) is 2. The summed E-state index contributed by atoms with van der Waals surface area (Å²) in [5.41, 5.74) is -0.299. The first-order chi connectivity index (χ1) is 13.9. The number of carbonyl (C=O) groups is 2. The van der Waals surface area contributed by atoms with Gasteiger partial charge in [-0.1, -0.05) is 24.3 Å². The highest BCUT2D eigenvalue weighted by atomic mass is 32.2. The molecule has 0 aliphatic heterocycles. The van der Waals surface area contributed by atoms with Crippen molar-refractivity contribution in [3.8, 4) is 0 Å². The molecular weight excluding hydrogens is 421 g/mol. The lowest BCUT2D eigenvalue weighted by Gasteiger charge is -2.16. The van der Waals surface area contributed by atoms with Crippen LogP contribution in [0.15, 0.2) is 53.4 Å². The zero-order valence-corrected chi connectivity index (χ0v) is 17.1. The van der Waals surface area contributed by atoms with Crippen LogP contribution in [0.25, 0.3) is 0 Å². The quantitative estimate of drug-likeness (QED) is 0.613. The monoisotopic (exact) mass is 442 g/mol. The first-order valence-electron chi connectivity index (χ1n) is 8.97. The predicted molar refractivity (Wildman–Crippen MR) is 104 cm³/mol. The Morgan fingerprint density at radius 3 is 2.37 bits per heavy atom. The molecule has 6 nitrogen and oxygen atoms in total. The largest absolute Gasteiger partial charge is 0.416 e. The average Bonchev–Trinajstić information content (AvgIpc) is 2.67. The van der Waals surface area contributed by atoms with Crippen LogP contribution in [0.3, 0.4) is 0 Å². The van der Waals surface area contributed by atoms with E-state index in [0.717, 1.165) is 12.1 Å². The molecule has 2 aromatic carbocycles. The third kappa shape index (κ3) is 6.39. The van der Waals surface area contributed by atoms with Gasteiger partial charge in [0.1, 0.15) is 0 Å². The van der Waals surface area contributed by atoms with Crippen LogP contribution in [-0.4, -0.2) is 26.7 Å². The minimum absolute atomic E-state index is 0.104. The van der Waals surface area contributed by atoms with Gasteiger partial charge >= 0.3 is 6.18 Å². The van der Waals surface area contributed by atoms with E-state index in [4.69, 9.17) is 0 Å². The molecular formula is C20H21F3N2O4S. The van der Waals surface area contributed by atoms with Crippen LogP contribution in [0.2, 0.25) is 0 Å². The number of Topliss-reactive ketones (excluding diaryl/α,β-unsaturated/α-hetero) is 1. The molecule has 10 heteroatoms. The third-order valence-electron chi connectivity index (χ3n) is 4.29. The molecule has 0 radical (unpaired) electrons. The molecule has 2 rings (SSSR count). The van der Waals surface area contributed by atoms with E-state index >= 15 is 0 Å². The fraction of sp³-hybridized carbons (Fsp3) is 0.300. The number of amides is 1. The van der Waals surface area contributed by atoms with Gasteiger partial charge in [-0.05, 0) is 43.7 Å². The minimum Gasteiger partial charge on any atom is -0.350 e. The fourth-order valence-electron chi connectivity index (χ4n) is 2.65. The van der Waals surface area contributed by atoms with E-state index in [0.29, 0.717) is 0 Å². The van der Waals surface area contributed by atoms with E-state index < -0.39 is 33.7 Å². The molecule has 162 valence electrons. The Hall–Kier alpha value is -2.72. The summed E-state index contributed by atoms with van der Waals surface area (Å²) in [6.07, 6.45) is -4.70. The van der Waals surface area contributed by atoms with Crippen LogP contribution in [0.5, 0.6) is 0 Å². The number of alkyl halides is 3. The number of halogens is 3. The van der Waals surface area contributed by atoms with Crippen molar-refractivity contribution < 1.29 is 31.2 Å². The molecule has 1 amide bonds. The van der Waals surface area contributed by atoms with Crippen LogP contribution in [0.1, 0.15) is 47.8 Å². The van der Waals surface area contributed by atoms with E-state index in [-0.39, 0.29) is 34.8 Å². The SMILES string of the molecule is CC(=O)c1cccc(S(=O)(=O)NCCC(=O)NC(C)c2cccc(C(F)(F)F)c2)c1. The van der Waals surface area contributed by atoms with Crippen molar-refractivity contribution in [3.05, 3.63) is 65.2 Å². The molecule has 0 heterocycles. The molecule has 2 aromatic rings. The summed E-state index contributed by atoms with van der Waals surface area (Å²) < 4.78 is 65.3. The maximum atomic E-state index is 12.8. The normalized spacial score (nSPS) is 13.0. The lowest BCUT2D eigenvalue weighted by atomic mass is 10.0. The molecule has 0 aliphatic carbocycles. The first-order valence-corrected chi connectivity index (χ1v) is 10.5. The molecule has 0 saturated carbocycles. The first kappa shape index (κ1) is 23.6. The van der Waals surface area contributed by atoms with Crippen LogP contribution < -0.4 is 10.0 Å². The Kier molecular flexibility index (Phi) is 7.38. The standard InChI is InChI=1S/C20H21F3N2O4S/c1-13(15-5-3-7-17(11-15)20(21,22)23)25-19(27)9-10-24-30(28,29)18-8-4-6-16(12-18)14(2)26/h3-8,11-13,24H,9-10H2,1-2H3,(H,25,27). The maximum absolute atomic E-state index is 12.8. The number of sulfonamides is 1. The second-order valence-corrected chi connectivity index (χ2v) is 8.41. The van der Waals surface area contributed by atoms with Gasteiger partial charge in [0.05, 0.1) is 16.5 Å². The number of nitrogens with one attached hydrogen (secondary N) is 2. The number of rotatable bonds is 8. The summed E-state index contributed by atoms with van der Waals surface area (Å²) in [6.45, 7) is 2.63. The number of benzene rings is 2. The van der Waals surface area contributed by atoms with Gasteiger partial charge in [-0.3, -0.25) is 9.59 Å². The van der Waals surface area contributed by atoms with Crippen LogP contribution in [-0.2, 0) is 21.0 Å². The second kappa shape index (κ2) is 9.40. The highest BCUT2D eigenvalue weighted by molar-refractivity contribution is 7.89. The van der Waals surface area contributed by atoms with E-state index in [1.54, 1.807) is 0 Å². The van der Waals surface area contributed by atoms with Crippen molar-refractivity contribution in [1.29, 1.82) is 0 Å². The minimum atomic E-state index is -4.49. The topological polar surface area (TPSA) is 92.3 Å². The van der Waals surface area contributed by atoms with Gasteiger partial charge in [0.2, 0.25) is 15.9 Å². The van der Waals surface area contributed by atoms with Gasteiger partial charge in [-0.15, -0.1) is 0 Å². The van der Waals surface area contributed by atoms with Gasteiger partial charge in [-0.2, -0.15) is 13.2 Å². The molecule has 0 aromatic heterocycles. The molecule has 30 heavy (non-hydrogen) atoms. The van der Waals surface area contributed by atoms with E-state index in [9.17, 15) is 31.2 Å². The lowest BCUT2D eigenvalue weighted by Crippen LogP contribution is -2.32. The molecule has 1 atom stereocenters. The molecule has 0 fully saturated rings. The van der Waals surface area contributed by atoms with E-state index in [1.807, 2.05) is 0 Å². The third-order valence-corrected chi connectivity index (χ3v) is 5.75. The van der Waals surface area contributed by atoms with Crippen molar-refractivity contribution in [2.24, 2.45) is 0 Å². The smallest absolute Gasteiger partial charge is 0.350 e. The summed E-state index contributed by atoms with van der Waals surface area (Å²) >= 11 is 0. The fourth-order valence-corrected chi connectivity index (χ4v) is 3.72. The molecule has 1 unspecified atom stereocenters. The number of hydrogen-bond acceptors (Lipinski definition) is 4. The van der Waals surface area contributed by atoms with Crippen molar-refractivity contribution in [2.45, 2.75) is 37.4 Å². The predicted octanol–water partition coefficient (Wildman–Crippen LogP) is 3.45. The summed E-state index contributed by atoms with van der Waals surface area (Å²) in [6, 6.07) is 9.41. The molecule has 0 aliphatic rings. The van der Waals surface area contributed by atoms with Crippen LogP contribution in [0, 0.1) is 0 Å². The van der Waals surface area contributed by atoms with Gasteiger partial charge in [0.15, 0.2) is 5.78 Å². The van der Waals surface area contributed by atoms with Gasteiger partial charge in [0, 0.05) is 18.5 Å². The number of carbonyl (C=O) groups excluding carboxylic acids is 2. The Morgan fingerprint density at radius 2 is 1.73 bits per heavy atom. The van der Waals surface area contributed by atoms with Gasteiger partial charge in [-0.25, -0.2) is 13.1 Å². The van der Waals surface area contributed by atoms with Crippen LogP contribution >= 0.6 is 0 Å². The molecule has 2 N–H and O–H groups in total. The van der Waals surface area contributed by atoms with Gasteiger partial charge in [0.25, 0.3) is 0 Å². The highest BCUT2D eigenvalue weighted by Gasteiger charge is 2.30. The molecule has 0 spiro atoms. The zero-order chi connectivity index (χ0) is 22.5. The average molecular weight is 442 g/mol. The van der Waals surface area contributed by atoms with Gasteiger partial charge < -0.3 is 5.32 Å². The maximum Gasteiger partial charge on any atom is 0.416 e. The Labute approximate surface area is 172 Å². The van der Waals surface area contributed by atoms with E-state index in [2.05, 4.69) is 10.0 Å². The Bertz CT molecular complexity index is 1040. The lowest BCUT2D eigenvalue weighted by molar-refractivity contribution is -0.137. The highest BCUT2D eigenvalue weighted by Crippen LogP contribution is 2.30. The zero-order valence-electron chi connectivity index (χ0n) is 16.3. The summed E-state index contributed by atoms with van der Waals surface area (Å²) in [7, 11) is -3.92. The molecule has 0 saturated heterocycles. The molecule has 0 bridgehead atoms. The second-order valence-electron chi connectivity index (χ2n) is 6.64. The Balaban J connectivity index is 1.93. The van der Waals surface area contributed by atoms with Crippen LogP contribution in [0.4, 0.5) is 13.2 Å². The number of ketones is 1. The summed E-state index contributed by atoms with van der Waals surface area (Å²) in [5.74, 6) is -0.810. The Morgan fingerprint density at radius 1 is 1.07 bits per heavy atom. The van der Waals surface area contributed by atoms with Crippen molar-refractivity contribution >= 4 is 21.7 Å². The van der Waals surface area contributed by atoms with Crippen molar-refractivity contribution in [1.82, 2.24) is 10.0 Å². The van der Waals surface area contributed by atoms with Crippen molar-refractivity contribution in [2.75, 3.05) is 6.54 Å².